The van der Waals surface area contributed by atoms with Crippen LogP contribution in [0.1, 0.15) is 55.4 Å². The second-order valence-electron chi connectivity index (χ2n) is 4.20. The summed E-state index contributed by atoms with van der Waals surface area (Å²) >= 11 is 0. The van der Waals surface area contributed by atoms with Gasteiger partial charge in [0.1, 0.15) is 0 Å². The van der Waals surface area contributed by atoms with E-state index in [9.17, 15) is 20.4 Å². The summed E-state index contributed by atoms with van der Waals surface area (Å²) < 4.78 is 0. The molecule has 0 N–H and O–H groups in total. The first-order chi connectivity index (χ1) is 6.93. The van der Waals surface area contributed by atoms with Crippen LogP contribution >= 0.6 is 0 Å². The molecule has 0 atom stereocenters. The van der Waals surface area contributed by atoms with E-state index in [0.29, 0.717) is 0 Å². The van der Waals surface area contributed by atoms with Crippen LogP contribution in [0.2, 0.25) is 0 Å². The molecule has 0 bridgehead atoms. The predicted octanol–water partition coefficient (Wildman–Crippen LogP) is -1.36. The molecular weight excluding hydrogens is 236 g/mol. The minimum atomic E-state index is -0.417. The number of hydrogen-bond acceptors (Lipinski definition) is 4. The van der Waals surface area contributed by atoms with Gasteiger partial charge in [-0.1, -0.05) is 55.4 Å². The quantitative estimate of drug-likeness (QED) is 0.505. The van der Waals surface area contributed by atoms with Crippen LogP contribution in [0.25, 0.3) is 0 Å². The second kappa shape index (κ2) is 25.0. The van der Waals surface area contributed by atoms with Crippen LogP contribution < -0.4 is 20.4 Å². The summed E-state index contributed by atoms with van der Waals surface area (Å²) in [7, 11) is 0. The molecule has 0 aliphatic carbocycles. The molecule has 0 spiro atoms. The van der Waals surface area contributed by atoms with Crippen LogP contribution in [0.15, 0.2) is 0 Å². The summed E-state index contributed by atoms with van der Waals surface area (Å²) in [6.07, 6.45) is -1.67. The first-order valence-electron chi connectivity index (χ1n) is 5.56. The molecule has 0 aromatic heterocycles. The molecule has 0 amide bonds. The number of rotatable bonds is 0. The van der Waals surface area contributed by atoms with Crippen LogP contribution in [0, 0.1) is 0 Å². The molecule has 0 unspecified atom stereocenters. The molecule has 4 nitrogen and oxygen atoms in total. The third kappa shape index (κ3) is 981000. The van der Waals surface area contributed by atoms with Gasteiger partial charge in [0.15, 0.2) is 0 Å². The van der Waals surface area contributed by atoms with Crippen molar-refractivity contribution in [1.82, 2.24) is 0 Å². The number of hydrogen-bond donors (Lipinski definition) is 0. The van der Waals surface area contributed by atoms with E-state index in [-0.39, 0.29) is 11.0 Å². The Morgan fingerprint density at radius 2 is 0.412 bits per heavy atom. The Kier molecular flexibility index (Phi) is 44.6. The van der Waals surface area contributed by atoms with Gasteiger partial charge < -0.3 is 20.4 Å². The van der Waals surface area contributed by atoms with Crippen molar-refractivity contribution in [3.05, 3.63) is 0 Å². The molecule has 0 aromatic carbocycles. The van der Waals surface area contributed by atoms with Crippen molar-refractivity contribution in [2.75, 3.05) is 0 Å². The van der Waals surface area contributed by atoms with Gasteiger partial charge in [-0.3, -0.25) is 0 Å². The van der Waals surface area contributed by atoms with Gasteiger partial charge in [-0.05, 0) is 0 Å². The summed E-state index contributed by atoms with van der Waals surface area (Å²) in [5.74, 6) is 0. The Morgan fingerprint density at radius 3 is 0.412 bits per heavy atom. The van der Waals surface area contributed by atoms with Crippen molar-refractivity contribution in [3.8, 4) is 0 Å². The first-order valence-corrected chi connectivity index (χ1v) is 5.56. The third-order valence-corrected chi connectivity index (χ3v) is 0. The van der Waals surface area contributed by atoms with Gasteiger partial charge in [-0.2, -0.15) is 0 Å². The van der Waals surface area contributed by atoms with Crippen LogP contribution in [-0.2, 0) is 0 Å². The zero-order valence-corrected chi connectivity index (χ0v) is 13.4. The van der Waals surface area contributed by atoms with E-state index in [1.807, 2.05) is 0 Å². The summed E-state index contributed by atoms with van der Waals surface area (Å²) in [6.45, 7) is 12.9. The SMILES string of the molecule is CC(C)[O-].CC(C)[O-].CC(C)[O-].CC(C)[O-].[Si+4]. The Hall–Kier alpha value is 0.0569. The van der Waals surface area contributed by atoms with E-state index in [4.69, 9.17) is 0 Å². The second-order valence-corrected chi connectivity index (χ2v) is 4.20. The summed E-state index contributed by atoms with van der Waals surface area (Å²) in [5.41, 5.74) is 0. The van der Waals surface area contributed by atoms with E-state index >= 15 is 0 Å². The van der Waals surface area contributed by atoms with E-state index in [1.165, 1.54) is 0 Å². The molecule has 5 heteroatoms. The maximum atomic E-state index is 9.53. The monoisotopic (exact) mass is 264 g/mol. The van der Waals surface area contributed by atoms with E-state index in [0.717, 1.165) is 0 Å². The Bertz CT molecular complexity index is 61.5. The van der Waals surface area contributed by atoms with Gasteiger partial charge in [-0.15, -0.1) is 24.4 Å². The van der Waals surface area contributed by atoms with Gasteiger partial charge >= 0.3 is 11.0 Å². The smallest absolute Gasteiger partial charge is 0.852 e. The standard InChI is InChI=1S/4C3H7O.Si/c4*1-3(2)4;/h4*3H,1-2H3;/q4*-1;+4. The molecule has 0 aliphatic heterocycles. The molecule has 17 heavy (non-hydrogen) atoms. The van der Waals surface area contributed by atoms with Crippen molar-refractivity contribution in [2.24, 2.45) is 0 Å². The van der Waals surface area contributed by atoms with Gasteiger partial charge in [0.25, 0.3) is 0 Å². The van der Waals surface area contributed by atoms with Crippen LogP contribution in [0.3, 0.4) is 0 Å². The summed E-state index contributed by atoms with van der Waals surface area (Å²) in [4.78, 5) is 0. The first kappa shape index (κ1) is 30.3. The average molecular weight is 264 g/mol. The molecule has 0 aromatic rings. The molecule has 0 aliphatic rings. The Labute approximate surface area is 112 Å². The molecule has 0 fully saturated rings. The van der Waals surface area contributed by atoms with Crippen LogP contribution in [0.4, 0.5) is 0 Å². The zero-order chi connectivity index (χ0) is 14.3. The minimum Gasteiger partial charge on any atom is -0.852 e. The van der Waals surface area contributed by atoms with Gasteiger partial charge in [0.05, 0.1) is 0 Å². The van der Waals surface area contributed by atoms with Crippen molar-refractivity contribution >= 4 is 11.0 Å². The average Bonchev–Trinajstić information content (AvgIpc) is 1.76. The molecule has 0 saturated heterocycles. The third-order valence-electron chi connectivity index (χ3n) is 0. The summed E-state index contributed by atoms with van der Waals surface area (Å²) in [6, 6.07) is 0. The fourth-order valence-electron chi connectivity index (χ4n) is 0. The van der Waals surface area contributed by atoms with Crippen LogP contribution in [0.5, 0.6) is 0 Å². The molecule has 0 radical (unpaired) electrons. The van der Waals surface area contributed by atoms with Gasteiger partial charge in [0, 0.05) is 0 Å². The minimum absolute atomic E-state index is 0. The van der Waals surface area contributed by atoms with Gasteiger partial charge in [-0.25, -0.2) is 0 Å². The molecule has 0 heterocycles. The normalized spacial score (nSPS) is 8.47. The van der Waals surface area contributed by atoms with Crippen molar-refractivity contribution < 1.29 is 20.4 Å². The molecular formula is C12H28O4Si. The molecule has 0 rings (SSSR count). The van der Waals surface area contributed by atoms with Gasteiger partial charge in [0.2, 0.25) is 0 Å². The topological polar surface area (TPSA) is 92.2 Å². The predicted molar refractivity (Wildman–Crippen MR) is 66.3 cm³/mol. The van der Waals surface area contributed by atoms with Crippen molar-refractivity contribution in [3.63, 3.8) is 0 Å². The van der Waals surface area contributed by atoms with E-state index < -0.39 is 24.4 Å². The Morgan fingerprint density at radius 1 is 0.412 bits per heavy atom. The Balaban J connectivity index is -0.0000000369. The van der Waals surface area contributed by atoms with Crippen molar-refractivity contribution in [2.45, 2.75) is 79.8 Å². The molecule has 104 valence electrons. The summed E-state index contributed by atoms with van der Waals surface area (Å²) in [5, 5.41) is 38.1. The maximum Gasteiger partial charge on any atom is 4.00 e. The van der Waals surface area contributed by atoms with E-state index in [2.05, 4.69) is 0 Å². The van der Waals surface area contributed by atoms with Crippen molar-refractivity contribution in [1.29, 1.82) is 0 Å². The van der Waals surface area contributed by atoms with E-state index in [1.54, 1.807) is 55.4 Å². The largest absolute Gasteiger partial charge is 4.00 e. The fraction of sp³-hybridized carbons (Fsp3) is 1.00. The zero-order valence-electron chi connectivity index (χ0n) is 12.4. The molecule has 0 saturated carbocycles. The fourth-order valence-corrected chi connectivity index (χ4v) is 0. The van der Waals surface area contributed by atoms with Crippen LogP contribution in [-0.4, -0.2) is 35.4 Å². The maximum absolute atomic E-state index is 9.53.